The fraction of sp³-hybridized carbons (Fsp3) is 0.286. The first kappa shape index (κ1) is 18.7. The normalized spacial score (nSPS) is 12.8. The van der Waals surface area contributed by atoms with E-state index in [2.05, 4.69) is 15.6 Å². The summed E-state index contributed by atoms with van der Waals surface area (Å²) in [5.74, 6) is 0.759. The number of ether oxygens (including phenoxy) is 1. The SMILES string of the molecule is Cc1ncsc1C(=O)Nc1ccc2c(c1)CNCCO2.Cl.Cl. The Balaban J connectivity index is 0.00000121. The maximum Gasteiger partial charge on any atom is 0.267 e. The van der Waals surface area contributed by atoms with E-state index in [1.807, 2.05) is 25.1 Å². The van der Waals surface area contributed by atoms with Crippen LogP contribution in [0.3, 0.4) is 0 Å². The monoisotopic (exact) mass is 361 g/mol. The number of aromatic nitrogens is 1. The molecule has 1 aliphatic rings. The van der Waals surface area contributed by atoms with E-state index >= 15 is 0 Å². The van der Waals surface area contributed by atoms with Gasteiger partial charge in [-0.25, -0.2) is 4.98 Å². The van der Waals surface area contributed by atoms with Crippen molar-refractivity contribution in [1.29, 1.82) is 0 Å². The highest BCUT2D eigenvalue weighted by atomic mass is 35.5. The minimum absolute atomic E-state index is 0. The second-order valence-corrected chi connectivity index (χ2v) is 5.42. The predicted molar refractivity (Wildman–Crippen MR) is 92.9 cm³/mol. The topological polar surface area (TPSA) is 63.2 Å². The standard InChI is InChI=1S/C14H15N3O2S.2ClH/c1-9-13(20-8-16-9)14(18)17-11-2-3-12-10(6-11)7-15-4-5-19-12;;/h2-3,6,8,15H,4-5,7H2,1H3,(H,17,18);2*1H. The molecule has 1 aliphatic heterocycles. The number of thiazole rings is 1. The molecule has 0 spiro atoms. The van der Waals surface area contributed by atoms with E-state index in [-0.39, 0.29) is 30.7 Å². The lowest BCUT2D eigenvalue weighted by atomic mass is 10.1. The van der Waals surface area contributed by atoms with Gasteiger partial charge in [-0.05, 0) is 25.1 Å². The Hall–Kier alpha value is -1.34. The van der Waals surface area contributed by atoms with Crippen molar-refractivity contribution in [1.82, 2.24) is 10.3 Å². The van der Waals surface area contributed by atoms with Crippen LogP contribution in [0, 0.1) is 6.92 Å². The lowest BCUT2D eigenvalue weighted by molar-refractivity contribution is 0.103. The summed E-state index contributed by atoms with van der Waals surface area (Å²) in [7, 11) is 0. The van der Waals surface area contributed by atoms with Gasteiger partial charge >= 0.3 is 0 Å². The third kappa shape index (κ3) is 4.10. The Labute approximate surface area is 145 Å². The molecule has 0 radical (unpaired) electrons. The summed E-state index contributed by atoms with van der Waals surface area (Å²) in [6.07, 6.45) is 0. The van der Waals surface area contributed by atoms with Crippen molar-refractivity contribution in [2.75, 3.05) is 18.5 Å². The van der Waals surface area contributed by atoms with E-state index in [4.69, 9.17) is 4.74 Å². The molecule has 2 heterocycles. The summed E-state index contributed by atoms with van der Waals surface area (Å²) in [6.45, 7) is 4.08. The van der Waals surface area contributed by atoms with Crippen LogP contribution in [0.4, 0.5) is 5.69 Å². The number of carbonyl (C=O) groups excluding carboxylic acids is 1. The molecule has 22 heavy (non-hydrogen) atoms. The molecule has 0 fully saturated rings. The quantitative estimate of drug-likeness (QED) is 0.862. The smallest absolute Gasteiger partial charge is 0.267 e. The number of fused-ring (bicyclic) bond motifs is 1. The van der Waals surface area contributed by atoms with E-state index in [1.54, 1.807) is 5.51 Å². The van der Waals surface area contributed by atoms with Crippen molar-refractivity contribution >= 4 is 47.7 Å². The molecule has 1 aromatic heterocycles. The first-order valence-electron chi connectivity index (χ1n) is 6.42. The zero-order chi connectivity index (χ0) is 13.9. The summed E-state index contributed by atoms with van der Waals surface area (Å²) < 4.78 is 5.62. The average Bonchev–Trinajstić information content (AvgIpc) is 2.73. The van der Waals surface area contributed by atoms with Crippen LogP contribution in [0.5, 0.6) is 5.75 Å². The summed E-state index contributed by atoms with van der Waals surface area (Å²) in [6, 6.07) is 5.71. The second-order valence-electron chi connectivity index (χ2n) is 4.57. The van der Waals surface area contributed by atoms with Gasteiger partial charge in [0.2, 0.25) is 0 Å². The highest BCUT2D eigenvalue weighted by Crippen LogP contribution is 2.25. The third-order valence-electron chi connectivity index (χ3n) is 3.12. The minimum Gasteiger partial charge on any atom is -0.492 e. The van der Waals surface area contributed by atoms with E-state index in [1.165, 1.54) is 11.3 Å². The Bertz CT molecular complexity index is 649. The molecule has 2 N–H and O–H groups in total. The number of anilines is 1. The van der Waals surface area contributed by atoms with Crippen LogP contribution in [0.2, 0.25) is 0 Å². The highest BCUT2D eigenvalue weighted by molar-refractivity contribution is 7.12. The Morgan fingerprint density at radius 1 is 1.41 bits per heavy atom. The van der Waals surface area contributed by atoms with Crippen molar-refractivity contribution in [3.63, 3.8) is 0 Å². The van der Waals surface area contributed by atoms with Crippen LogP contribution in [-0.4, -0.2) is 24.0 Å². The first-order valence-corrected chi connectivity index (χ1v) is 7.30. The van der Waals surface area contributed by atoms with Gasteiger partial charge in [-0.1, -0.05) is 0 Å². The predicted octanol–water partition coefficient (Wildman–Crippen LogP) is 3.03. The molecular weight excluding hydrogens is 345 g/mol. The van der Waals surface area contributed by atoms with Gasteiger partial charge in [-0.3, -0.25) is 4.79 Å². The van der Waals surface area contributed by atoms with E-state index in [0.29, 0.717) is 11.5 Å². The Morgan fingerprint density at radius 3 is 2.95 bits per heavy atom. The fourth-order valence-electron chi connectivity index (χ4n) is 2.10. The van der Waals surface area contributed by atoms with Crippen LogP contribution in [0.25, 0.3) is 0 Å². The van der Waals surface area contributed by atoms with Crippen LogP contribution in [0.1, 0.15) is 20.9 Å². The number of amides is 1. The molecule has 5 nitrogen and oxygen atoms in total. The van der Waals surface area contributed by atoms with Crippen molar-refractivity contribution in [2.24, 2.45) is 0 Å². The van der Waals surface area contributed by atoms with Crippen LogP contribution in [0.15, 0.2) is 23.7 Å². The van der Waals surface area contributed by atoms with Gasteiger partial charge in [0.05, 0.1) is 11.2 Å². The molecule has 0 saturated heterocycles. The third-order valence-corrected chi connectivity index (χ3v) is 4.05. The van der Waals surface area contributed by atoms with Gasteiger partial charge < -0.3 is 15.4 Å². The second kappa shape index (κ2) is 8.33. The lowest BCUT2D eigenvalue weighted by Crippen LogP contribution is -2.16. The van der Waals surface area contributed by atoms with E-state index in [9.17, 15) is 4.79 Å². The van der Waals surface area contributed by atoms with Crippen molar-refractivity contribution < 1.29 is 9.53 Å². The number of nitrogens with one attached hydrogen (secondary N) is 2. The molecule has 3 rings (SSSR count). The van der Waals surface area contributed by atoms with Gasteiger partial charge in [-0.2, -0.15) is 0 Å². The highest BCUT2D eigenvalue weighted by Gasteiger charge is 2.14. The summed E-state index contributed by atoms with van der Waals surface area (Å²) >= 11 is 1.35. The zero-order valence-corrected chi connectivity index (χ0v) is 14.4. The number of aryl methyl sites for hydroxylation is 1. The average molecular weight is 362 g/mol. The summed E-state index contributed by atoms with van der Waals surface area (Å²) in [5, 5.41) is 6.18. The van der Waals surface area contributed by atoms with Crippen molar-refractivity contribution in [3.05, 3.63) is 39.8 Å². The molecule has 0 unspecified atom stereocenters. The number of hydrogen-bond donors (Lipinski definition) is 2. The van der Waals surface area contributed by atoms with Crippen LogP contribution >= 0.6 is 36.2 Å². The lowest BCUT2D eigenvalue weighted by Gasteiger charge is -2.10. The number of hydrogen-bond acceptors (Lipinski definition) is 5. The van der Waals surface area contributed by atoms with E-state index < -0.39 is 0 Å². The van der Waals surface area contributed by atoms with Crippen LogP contribution < -0.4 is 15.4 Å². The summed E-state index contributed by atoms with van der Waals surface area (Å²) in [5.41, 5.74) is 4.27. The van der Waals surface area contributed by atoms with Crippen molar-refractivity contribution in [2.45, 2.75) is 13.5 Å². The van der Waals surface area contributed by atoms with E-state index in [0.717, 1.165) is 35.8 Å². The molecule has 8 heteroatoms. The molecule has 2 aromatic rings. The number of halogens is 2. The van der Waals surface area contributed by atoms with Crippen LogP contribution in [-0.2, 0) is 6.54 Å². The number of carbonyl (C=O) groups is 1. The maximum atomic E-state index is 12.1. The number of benzene rings is 1. The molecule has 1 amide bonds. The zero-order valence-electron chi connectivity index (χ0n) is 11.9. The van der Waals surface area contributed by atoms with Gasteiger partial charge in [0.15, 0.2) is 0 Å². The van der Waals surface area contributed by atoms with Gasteiger partial charge in [-0.15, -0.1) is 36.2 Å². The number of nitrogens with zero attached hydrogens (tertiary/aromatic N) is 1. The first-order chi connectivity index (χ1) is 9.74. The largest absolute Gasteiger partial charge is 0.492 e. The Morgan fingerprint density at radius 2 is 2.23 bits per heavy atom. The Kier molecular flexibility index (Phi) is 7.09. The molecule has 120 valence electrons. The fourth-order valence-corrected chi connectivity index (χ4v) is 2.80. The molecule has 0 atom stereocenters. The van der Waals surface area contributed by atoms with Gasteiger partial charge in [0.1, 0.15) is 17.2 Å². The molecule has 0 aliphatic carbocycles. The molecule has 1 aromatic carbocycles. The maximum absolute atomic E-state index is 12.1. The molecule has 0 bridgehead atoms. The van der Waals surface area contributed by atoms with Crippen molar-refractivity contribution in [3.8, 4) is 5.75 Å². The minimum atomic E-state index is -0.118. The molecule has 0 saturated carbocycles. The van der Waals surface area contributed by atoms with Gasteiger partial charge in [0, 0.05) is 24.3 Å². The summed E-state index contributed by atoms with van der Waals surface area (Å²) in [4.78, 5) is 16.9. The molecular formula is C14H17Cl2N3O2S. The van der Waals surface area contributed by atoms with Gasteiger partial charge in [0.25, 0.3) is 5.91 Å². The number of rotatable bonds is 2.